The topological polar surface area (TPSA) is 66.9 Å². The first kappa shape index (κ1) is 40.1. The maximum Gasteiger partial charge on any atom is 0.135 e. The lowest BCUT2D eigenvalue weighted by molar-refractivity contribution is -0.125. The number of likely N-dealkylation sites (tertiary alicyclic amines) is 1. The van der Waals surface area contributed by atoms with Crippen molar-refractivity contribution in [1.29, 1.82) is 0 Å². The number of hydrogen-bond acceptors (Lipinski definition) is 6. The van der Waals surface area contributed by atoms with Crippen LogP contribution in [0, 0.1) is 17.3 Å². The summed E-state index contributed by atoms with van der Waals surface area (Å²) in [6, 6.07) is 1.18. The van der Waals surface area contributed by atoms with Gasteiger partial charge in [0.15, 0.2) is 0 Å². The van der Waals surface area contributed by atoms with Gasteiger partial charge in [-0.15, -0.1) is 0 Å². The molecule has 0 aromatic rings. The van der Waals surface area contributed by atoms with Crippen molar-refractivity contribution in [1.82, 2.24) is 9.80 Å². The molecule has 0 amide bonds. The van der Waals surface area contributed by atoms with Gasteiger partial charge in [-0.1, -0.05) is 65.2 Å². The average Bonchev–Trinajstić information content (AvgIpc) is 3.20. The third-order valence-corrected chi connectivity index (χ3v) is 11.1. The fraction of sp³-hybridized carbons (Fsp3) is 0.923. The molecule has 0 bridgehead atoms. The van der Waals surface area contributed by atoms with Crippen molar-refractivity contribution >= 4 is 17.3 Å². The van der Waals surface area contributed by atoms with Gasteiger partial charge in [0, 0.05) is 49.9 Å². The number of ketones is 3. The summed E-state index contributed by atoms with van der Waals surface area (Å²) in [6.45, 7) is 11.4. The SMILES string of the molecule is CC(=O)CCCCCCCOC[C@@H]1C[C@H](CCC(=O)CCC2CCCC(N(C)C)CC2)CN1CCCCCCC(C)(C)C(C)=O. The molecule has 1 heterocycles. The van der Waals surface area contributed by atoms with E-state index < -0.39 is 0 Å². The molecular weight excluding hydrogens is 560 g/mol. The minimum absolute atomic E-state index is 0.193. The number of ether oxygens (including phenoxy) is 1. The smallest absolute Gasteiger partial charge is 0.135 e. The summed E-state index contributed by atoms with van der Waals surface area (Å²) in [6.07, 6.45) is 23.3. The molecule has 2 rings (SSSR count). The van der Waals surface area contributed by atoms with Crippen LogP contribution >= 0.6 is 0 Å². The van der Waals surface area contributed by atoms with Gasteiger partial charge >= 0.3 is 0 Å². The summed E-state index contributed by atoms with van der Waals surface area (Å²) in [5.41, 5.74) is -0.193. The Morgan fingerprint density at radius 3 is 2.16 bits per heavy atom. The fourth-order valence-electron chi connectivity index (χ4n) is 7.50. The second-order valence-corrected chi connectivity index (χ2v) is 15.8. The van der Waals surface area contributed by atoms with Crippen LogP contribution in [-0.4, -0.2) is 79.6 Å². The minimum Gasteiger partial charge on any atom is -0.380 e. The summed E-state index contributed by atoms with van der Waals surface area (Å²) in [4.78, 5) is 40.9. The van der Waals surface area contributed by atoms with Gasteiger partial charge in [0.2, 0.25) is 0 Å². The number of carbonyl (C=O) groups is 3. The van der Waals surface area contributed by atoms with E-state index in [4.69, 9.17) is 4.74 Å². The van der Waals surface area contributed by atoms with Crippen LogP contribution in [0.1, 0.15) is 163 Å². The Morgan fingerprint density at radius 1 is 0.778 bits per heavy atom. The van der Waals surface area contributed by atoms with Crippen molar-refractivity contribution in [2.75, 3.05) is 40.4 Å². The van der Waals surface area contributed by atoms with Gasteiger partial charge in [-0.3, -0.25) is 14.5 Å². The van der Waals surface area contributed by atoms with Gasteiger partial charge in [-0.2, -0.15) is 0 Å². The first-order valence-corrected chi connectivity index (χ1v) is 19.0. The van der Waals surface area contributed by atoms with Gasteiger partial charge < -0.3 is 14.4 Å². The van der Waals surface area contributed by atoms with Crippen LogP contribution in [0.15, 0.2) is 0 Å². The average molecular weight is 633 g/mol. The van der Waals surface area contributed by atoms with E-state index in [-0.39, 0.29) is 5.41 Å². The van der Waals surface area contributed by atoms with Crippen LogP contribution in [0.25, 0.3) is 0 Å². The number of rotatable bonds is 25. The normalized spacial score (nSPS) is 23.0. The predicted molar refractivity (Wildman–Crippen MR) is 188 cm³/mol. The lowest BCUT2D eigenvalue weighted by Crippen LogP contribution is -2.34. The maximum absolute atomic E-state index is 12.9. The first-order valence-electron chi connectivity index (χ1n) is 19.0. The van der Waals surface area contributed by atoms with E-state index in [2.05, 4.69) is 37.7 Å². The largest absolute Gasteiger partial charge is 0.380 e. The molecule has 1 aliphatic carbocycles. The molecular formula is C39H72N2O4. The van der Waals surface area contributed by atoms with Gasteiger partial charge in [-0.05, 0) is 111 Å². The van der Waals surface area contributed by atoms with Crippen LogP contribution in [0.4, 0.5) is 0 Å². The van der Waals surface area contributed by atoms with E-state index in [0.29, 0.717) is 29.3 Å². The molecule has 2 unspecified atom stereocenters. The monoisotopic (exact) mass is 633 g/mol. The van der Waals surface area contributed by atoms with Crippen molar-refractivity contribution in [2.45, 2.75) is 175 Å². The standard InChI is InChI=1S/C39H72N2O4/c1-32(42)17-12-8-7-11-15-28-45-31-37-29-35(30-41(37)27-14-10-9-13-26-39(3,4)33(2)43)22-25-38(44)24-21-34-18-16-19-36(23-20-34)40(5)6/h34-37H,7-31H2,1-6H3/t34?,35-,36?,37-/m0/s1. The Hall–Kier alpha value is -1.11. The van der Waals surface area contributed by atoms with E-state index in [1.54, 1.807) is 13.8 Å². The molecule has 4 atom stereocenters. The van der Waals surface area contributed by atoms with Crippen LogP contribution < -0.4 is 0 Å². The number of hydrogen-bond donors (Lipinski definition) is 0. The highest BCUT2D eigenvalue weighted by Crippen LogP contribution is 2.31. The molecule has 1 saturated heterocycles. The summed E-state index contributed by atoms with van der Waals surface area (Å²) in [5, 5.41) is 0. The Morgan fingerprint density at radius 2 is 1.44 bits per heavy atom. The van der Waals surface area contributed by atoms with E-state index in [1.807, 2.05) is 0 Å². The summed E-state index contributed by atoms with van der Waals surface area (Å²) >= 11 is 0. The molecule has 6 nitrogen and oxygen atoms in total. The van der Waals surface area contributed by atoms with Crippen molar-refractivity contribution in [3.05, 3.63) is 0 Å². The highest BCUT2D eigenvalue weighted by atomic mass is 16.5. The number of nitrogens with zero attached hydrogens (tertiary/aromatic N) is 2. The molecule has 1 saturated carbocycles. The van der Waals surface area contributed by atoms with Crippen LogP contribution in [0.5, 0.6) is 0 Å². The number of carbonyl (C=O) groups excluding carboxylic acids is 3. The van der Waals surface area contributed by atoms with Crippen molar-refractivity contribution < 1.29 is 19.1 Å². The Bertz CT molecular complexity index is 841. The maximum atomic E-state index is 12.9. The van der Waals surface area contributed by atoms with Gasteiger partial charge in [-0.25, -0.2) is 0 Å². The molecule has 45 heavy (non-hydrogen) atoms. The van der Waals surface area contributed by atoms with Gasteiger partial charge in [0.05, 0.1) is 6.61 Å². The Balaban J connectivity index is 1.71. The summed E-state index contributed by atoms with van der Waals surface area (Å²) in [7, 11) is 4.41. The first-order chi connectivity index (χ1) is 21.5. The van der Waals surface area contributed by atoms with Crippen molar-refractivity contribution in [3.8, 4) is 0 Å². The zero-order valence-corrected chi connectivity index (χ0v) is 30.5. The molecule has 6 heteroatoms. The number of Topliss-reactive ketones (excluding diaryl/α,β-unsaturated/α-hetero) is 3. The van der Waals surface area contributed by atoms with E-state index >= 15 is 0 Å². The minimum atomic E-state index is -0.193. The van der Waals surface area contributed by atoms with Crippen molar-refractivity contribution in [3.63, 3.8) is 0 Å². The number of unbranched alkanes of at least 4 members (excludes halogenated alkanes) is 7. The highest BCUT2D eigenvalue weighted by Gasteiger charge is 2.32. The van der Waals surface area contributed by atoms with Crippen LogP contribution in [0.2, 0.25) is 0 Å². The lowest BCUT2D eigenvalue weighted by atomic mass is 9.83. The molecule has 0 aromatic heterocycles. The molecule has 0 radical (unpaired) electrons. The zero-order valence-electron chi connectivity index (χ0n) is 30.5. The van der Waals surface area contributed by atoms with Crippen LogP contribution in [-0.2, 0) is 19.1 Å². The van der Waals surface area contributed by atoms with Crippen LogP contribution in [0.3, 0.4) is 0 Å². The molecule has 0 spiro atoms. The third kappa shape index (κ3) is 17.6. The van der Waals surface area contributed by atoms with Gasteiger partial charge in [0.1, 0.15) is 17.3 Å². The van der Waals surface area contributed by atoms with E-state index in [9.17, 15) is 14.4 Å². The Kier molecular flexibility index (Phi) is 20.0. The van der Waals surface area contributed by atoms with E-state index in [1.165, 1.54) is 64.2 Å². The second kappa shape index (κ2) is 22.5. The Labute approximate surface area is 278 Å². The lowest BCUT2D eigenvalue weighted by Gasteiger charge is -2.24. The molecule has 2 aliphatic rings. The molecule has 262 valence electrons. The third-order valence-electron chi connectivity index (χ3n) is 11.1. The highest BCUT2D eigenvalue weighted by molar-refractivity contribution is 5.81. The fourth-order valence-corrected chi connectivity index (χ4v) is 7.50. The summed E-state index contributed by atoms with van der Waals surface area (Å²) < 4.78 is 6.21. The molecule has 0 aromatic carbocycles. The molecule has 0 N–H and O–H groups in total. The van der Waals surface area contributed by atoms with E-state index in [0.717, 1.165) is 109 Å². The zero-order chi connectivity index (χ0) is 33.1. The molecule has 1 aliphatic heterocycles. The second-order valence-electron chi connectivity index (χ2n) is 15.8. The van der Waals surface area contributed by atoms with Crippen molar-refractivity contribution in [2.24, 2.45) is 17.3 Å². The summed E-state index contributed by atoms with van der Waals surface area (Å²) in [5.74, 6) is 2.40. The predicted octanol–water partition coefficient (Wildman–Crippen LogP) is 8.83. The molecule has 2 fully saturated rings. The van der Waals surface area contributed by atoms with Gasteiger partial charge in [0.25, 0.3) is 0 Å². The quantitative estimate of drug-likeness (QED) is 0.0740.